The molecule has 0 amide bonds. The highest BCUT2D eigenvalue weighted by molar-refractivity contribution is 7.89. The molecule has 1 fully saturated rings. The predicted octanol–water partition coefficient (Wildman–Crippen LogP) is 1.24. The van der Waals surface area contributed by atoms with Crippen molar-refractivity contribution in [1.82, 2.24) is 24.1 Å². The van der Waals surface area contributed by atoms with Crippen LogP contribution in [0.1, 0.15) is 6.42 Å². The molecule has 0 unspecified atom stereocenters. The van der Waals surface area contributed by atoms with Crippen molar-refractivity contribution in [3.05, 3.63) is 42.9 Å². The molecule has 130 valence electrons. The number of aryl methyl sites for hydroxylation is 1. The van der Waals surface area contributed by atoms with Crippen LogP contribution in [0.2, 0.25) is 0 Å². The first-order valence-electron chi connectivity index (χ1n) is 8.00. The summed E-state index contributed by atoms with van der Waals surface area (Å²) >= 11 is 0. The highest BCUT2D eigenvalue weighted by Crippen LogP contribution is 2.24. The van der Waals surface area contributed by atoms with Gasteiger partial charge in [0.25, 0.3) is 0 Å². The summed E-state index contributed by atoms with van der Waals surface area (Å²) in [7, 11) is -1.64. The van der Waals surface area contributed by atoms with Crippen LogP contribution in [0.4, 0.5) is 5.82 Å². The Labute approximate surface area is 145 Å². The molecular formula is C16H18N6O2S. The second-order valence-electron chi connectivity index (χ2n) is 6.03. The molecule has 0 radical (unpaired) electrons. The molecule has 1 N–H and O–H groups in total. The highest BCUT2D eigenvalue weighted by atomic mass is 32.2. The van der Waals surface area contributed by atoms with Crippen molar-refractivity contribution in [2.75, 3.05) is 18.4 Å². The smallest absolute Gasteiger partial charge is 0.243 e. The minimum Gasteiger partial charge on any atom is -0.365 e. The number of nitrogens with zero attached hydrogens (tertiary/aromatic N) is 5. The minimum atomic E-state index is -3.46. The average Bonchev–Trinajstić information content (AvgIpc) is 3.24. The molecule has 1 aromatic carbocycles. The molecule has 0 bridgehead atoms. The lowest BCUT2D eigenvalue weighted by atomic mass is 10.2. The summed E-state index contributed by atoms with van der Waals surface area (Å²) in [6.45, 7) is 0.888. The molecular weight excluding hydrogens is 340 g/mol. The zero-order chi connectivity index (χ0) is 17.4. The van der Waals surface area contributed by atoms with Gasteiger partial charge in [-0.05, 0) is 18.6 Å². The molecule has 1 atom stereocenters. The van der Waals surface area contributed by atoms with E-state index in [0.29, 0.717) is 23.8 Å². The van der Waals surface area contributed by atoms with Gasteiger partial charge in [0.05, 0.1) is 16.5 Å². The van der Waals surface area contributed by atoms with E-state index in [-0.39, 0.29) is 6.04 Å². The summed E-state index contributed by atoms with van der Waals surface area (Å²) in [5.74, 6) is 0.682. The van der Waals surface area contributed by atoms with Crippen LogP contribution in [0.25, 0.3) is 11.0 Å². The summed E-state index contributed by atoms with van der Waals surface area (Å²) in [5, 5.41) is 8.36. The summed E-state index contributed by atoms with van der Waals surface area (Å²) in [6.07, 6.45) is 3.92. The van der Waals surface area contributed by atoms with E-state index in [9.17, 15) is 8.42 Å². The van der Waals surface area contributed by atoms with Crippen molar-refractivity contribution in [2.24, 2.45) is 7.05 Å². The van der Waals surface area contributed by atoms with Crippen LogP contribution in [0, 0.1) is 0 Å². The molecule has 2 aromatic heterocycles. The molecule has 25 heavy (non-hydrogen) atoms. The Morgan fingerprint density at radius 1 is 1.20 bits per heavy atom. The average molecular weight is 358 g/mol. The number of hydrogen-bond acceptors (Lipinski definition) is 6. The van der Waals surface area contributed by atoms with E-state index in [1.54, 1.807) is 35.1 Å². The van der Waals surface area contributed by atoms with Gasteiger partial charge in [-0.1, -0.05) is 18.2 Å². The monoisotopic (exact) mass is 358 g/mol. The van der Waals surface area contributed by atoms with E-state index in [1.807, 2.05) is 13.1 Å². The van der Waals surface area contributed by atoms with Gasteiger partial charge in [-0.3, -0.25) is 4.68 Å². The Morgan fingerprint density at radius 2 is 2.00 bits per heavy atom. The number of anilines is 1. The quantitative estimate of drug-likeness (QED) is 0.754. The lowest BCUT2D eigenvalue weighted by Gasteiger charge is -2.17. The first kappa shape index (κ1) is 16.0. The molecule has 0 spiro atoms. The lowest BCUT2D eigenvalue weighted by Crippen LogP contribution is -2.31. The maximum absolute atomic E-state index is 12.7. The Hall–Kier alpha value is -2.52. The largest absolute Gasteiger partial charge is 0.365 e. The number of sulfonamides is 1. The molecule has 9 heteroatoms. The molecule has 3 aromatic rings. The van der Waals surface area contributed by atoms with E-state index < -0.39 is 10.0 Å². The number of benzene rings is 1. The Morgan fingerprint density at radius 3 is 2.80 bits per heavy atom. The number of fused-ring (bicyclic) bond motifs is 1. The van der Waals surface area contributed by atoms with Crippen molar-refractivity contribution in [1.29, 1.82) is 0 Å². The molecule has 8 nitrogen and oxygen atoms in total. The maximum atomic E-state index is 12.7. The van der Waals surface area contributed by atoms with Crippen LogP contribution in [0.3, 0.4) is 0 Å². The number of nitrogens with one attached hydrogen (secondary N) is 1. The van der Waals surface area contributed by atoms with Crippen molar-refractivity contribution in [3.8, 4) is 0 Å². The zero-order valence-electron chi connectivity index (χ0n) is 13.7. The third-order valence-electron chi connectivity index (χ3n) is 4.40. The van der Waals surface area contributed by atoms with E-state index in [2.05, 4.69) is 20.4 Å². The summed E-state index contributed by atoms with van der Waals surface area (Å²) in [6, 6.07) is 8.52. The zero-order valence-corrected chi connectivity index (χ0v) is 14.5. The van der Waals surface area contributed by atoms with Crippen LogP contribution in [0.5, 0.6) is 0 Å². The van der Waals surface area contributed by atoms with Crippen LogP contribution < -0.4 is 5.32 Å². The predicted molar refractivity (Wildman–Crippen MR) is 93.5 cm³/mol. The molecule has 0 aliphatic carbocycles. The number of rotatable bonds is 4. The van der Waals surface area contributed by atoms with Gasteiger partial charge in [-0.2, -0.15) is 9.40 Å². The Bertz CT molecular complexity index is 1000. The molecule has 4 rings (SSSR count). The van der Waals surface area contributed by atoms with Crippen LogP contribution >= 0.6 is 0 Å². The van der Waals surface area contributed by atoms with Gasteiger partial charge >= 0.3 is 0 Å². The van der Waals surface area contributed by atoms with Gasteiger partial charge in [0.15, 0.2) is 5.65 Å². The molecule has 1 aliphatic rings. The first-order valence-corrected chi connectivity index (χ1v) is 9.44. The standard InChI is InChI=1S/C16H18N6O2S/c1-21-16-14(9-19-21)15(17-11-18-16)20-12-7-8-22(10-12)25(23,24)13-5-3-2-4-6-13/h2-6,9,11-12H,7-8,10H2,1H3,(H,17,18,20)/t12-/m0/s1. The first-order chi connectivity index (χ1) is 12.1. The van der Waals surface area contributed by atoms with Crippen LogP contribution in [-0.4, -0.2) is 51.6 Å². The summed E-state index contributed by atoms with van der Waals surface area (Å²) in [5.41, 5.74) is 0.740. The van der Waals surface area contributed by atoms with Crippen molar-refractivity contribution in [3.63, 3.8) is 0 Å². The fourth-order valence-electron chi connectivity index (χ4n) is 3.08. The number of hydrogen-bond donors (Lipinski definition) is 1. The normalized spacial score (nSPS) is 18.7. The van der Waals surface area contributed by atoms with Gasteiger partial charge in [0.1, 0.15) is 12.1 Å². The number of aromatic nitrogens is 4. The Balaban J connectivity index is 1.53. The van der Waals surface area contributed by atoms with E-state index in [4.69, 9.17) is 0 Å². The molecule has 0 saturated carbocycles. The third kappa shape index (κ3) is 2.85. The third-order valence-corrected chi connectivity index (χ3v) is 6.28. The van der Waals surface area contributed by atoms with E-state index >= 15 is 0 Å². The van der Waals surface area contributed by atoms with Gasteiger partial charge < -0.3 is 5.32 Å². The van der Waals surface area contributed by atoms with Crippen LogP contribution in [-0.2, 0) is 17.1 Å². The Kier molecular flexibility index (Phi) is 3.89. The summed E-state index contributed by atoms with van der Waals surface area (Å²) in [4.78, 5) is 8.82. The fourth-order valence-corrected chi connectivity index (χ4v) is 4.60. The molecule has 1 saturated heterocycles. The topological polar surface area (TPSA) is 93.0 Å². The van der Waals surface area contributed by atoms with E-state index in [1.165, 1.54) is 10.6 Å². The van der Waals surface area contributed by atoms with Crippen molar-refractivity contribution in [2.45, 2.75) is 17.4 Å². The van der Waals surface area contributed by atoms with Crippen molar-refractivity contribution >= 4 is 26.9 Å². The van der Waals surface area contributed by atoms with Crippen molar-refractivity contribution < 1.29 is 8.42 Å². The van der Waals surface area contributed by atoms with Gasteiger partial charge in [-0.15, -0.1) is 0 Å². The van der Waals surface area contributed by atoms with Gasteiger partial charge in [0, 0.05) is 26.2 Å². The van der Waals surface area contributed by atoms with Gasteiger partial charge in [0.2, 0.25) is 10.0 Å². The molecule has 1 aliphatic heterocycles. The highest BCUT2D eigenvalue weighted by Gasteiger charge is 2.32. The second-order valence-corrected chi connectivity index (χ2v) is 7.97. The summed E-state index contributed by atoms with van der Waals surface area (Å²) < 4.78 is 28.6. The maximum Gasteiger partial charge on any atom is 0.243 e. The molecule has 3 heterocycles. The fraction of sp³-hybridized carbons (Fsp3) is 0.312. The van der Waals surface area contributed by atoms with Gasteiger partial charge in [-0.25, -0.2) is 18.4 Å². The minimum absolute atomic E-state index is 0.00297. The van der Waals surface area contributed by atoms with E-state index in [0.717, 1.165) is 17.5 Å². The van der Waals surface area contributed by atoms with Crippen LogP contribution in [0.15, 0.2) is 47.8 Å². The lowest BCUT2D eigenvalue weighted by molar-refractivity contribution is 0.474. The second kappa shape index (κ2) is 6.08. The SMILES string of the molecule is Cn1ncc2c(N[C@H]3CCN(S(=O)(=O)c4ccccc4)C3)ncnc21.